The molecule has 2 heteroatoms. The first-order valence-corrected chi connectivity index (χ1v) is 6.48. The van der Waals surface area contributed by atoms with Crippen LogP contribution in [0.4, 0.5) is 0 Å². The topological polar surface area (TPSA) is 15.8 Å². The lowest BCUT2D eigenvalue weighted by Gasteiger charge is -2.03. The second-order valence-corrected chi connectivity index (χ2v) is 4.76. The number of hydrogen-bond donors (Lipinski definition) is 1. The molecule has 98 valence electrons. The molecule has 0 spiro atoms. The van der Waals surface area contributed by atoms with E-state index in [1.54, 1.807) is 0 Å². The van der Waals surface area contributed by atoms with E-state index in [1.807, 2.05) is 0 Å². The fourth-order valence-corrected chi connectivity index (χ4v) is 2.73. The third-order valence-electron chi connectivity index (χ3n) is 3.63. The first-order chi connectivity index (χ1) is 9.43. The minimum absolute atomic E-state index is 0. The van der Waals surface area contributed by atoms with Gasteiger partial charge >= 0.3 is 0 Å². The lowest BCUT2D eigenvalue weighted by atomic mass is 10.0. The number of rotatable bonds is 1. The van der Waals surface area contributed by atoms with Crippen LogP contribution in [0, 0.1) is 0 Å². The van der Waals surface area contributed by atoms with Crippen molar-refractivity contribution < 1.29 is 0 Å². The Morgan fingerprint density at radius 2 is 1.30 bits per heavy atom. The van der Waals surface area contributed by atoms with E-state index in [2.05, 4.69) is 77.8 Å². The van der Waals surface area contributed by atoms with E-state index in [9.17, 15) is 0 Å². The molecule has 1 aromatic heterocycles. The predicted molar refractivity (Wildman–Crippen MR) is 88.5 cm³/mol. The van der Waals surface area contributed by atoms with Gasteiger partial charge in [0.25, 0.3) is 0 Å². The number of H-pyrrole nitrogens is 1. The molecule has 4 rings (SSSR count). The zero-order valence-electron chi connectivity index (χ0n) is 10.8. The summed E-state index contributed by atoms with van der Waals surface area (Å²) in [6, 6.07) is 25.5. The van der Waals surface area contributed by atoms with Gasteiger partial charge in [-0.2, -0.15) is 0 Å². The average Bonchev–Trinajstić information content (AvgIpc) is 2.87. The number of fused-ring (bicyclic) bond motifs is 3. The highest BCUT2D eigenvalue weighted by Crippen LogP contribution is 2.32. The Morgan fingerprint density at radius 1 is 0.600 bits per heavy atom. The minimum atomic E-state index is 0. The molecule has 1 nitrogen and oxygen atoms in total. The highest BCUT2D eigenvalue weighted by atomic mass is 35.5. The van der Waals surface area contributed by atoms with Gasteiger partial charge in [0, 0.05) is 21.9 Å². The molecule has 4 aromatic rings. The number of nitrogens with one attached hydrogen (secondary N) is 1. The van der Waals surface area contributed by atoms with E-state index < -0.39 is 0 Å². The number of benzene rings is 3. The Bertz CT molecular complexity index is 862. The van der Waals surface area contributed by atoms with Crippen LogP contribution in [0.25, 0.3) is 32.9 Å². The SMILES string of the molecule is Cl.c1ccc(-c2cccc3c2[nH]c2ccccc23)cc1. The molecule has 0 fully saturated rings. The zero-order valence-corrected chi connectivity index (χ0v) is 11.7. The normalized spacial score (nSPS) is 10.6. The van der Waals surface area contributed by atoms with E-state index in [0.717, 1.165) is 0 Å². The highest BCUT2D eigenvalue weighted by Gasteiger charge is 2.08. The summed E-state index contributed by atoms with van der Waals surface area (Å²) in [5.74, 6) is 0. The van der Waals surface area contributed by atoms with Crippen molar-refractivity contribution in [2.24, 2.45) is 0 Å². The first kappa shape index (κ1) is 12.8. The van der Waals surface area contributed by atoms with E-state index >= 15 is 0 Å². The van der Waals surface area contributed by atoms with Crippen molar-refractivity contribution in [3.8, 4) is 11.1 Å². The predicted octanol–water partition coefficient (Wildman–Crippen LogP) is 5.41. The van der Waals surface area contributed by atoms with Gasteiger partial charge in [-0.05, 0) is 11.6 Å². The van der Waals surface area contributed by atoms with Crippen molar-refractivity contribution in [2.75, 3.05) is 0 Å². The highest BCUT2D eigenvalue weighted by molar-refractivity contribution is 6.11. The molecule has 0 amide bonds. The van der Waals surface area contributed by atoms with E-state index in [4.69, 9.17) is 0 Å². The Kier molecular flexibility index (Phi) is 3.21. The molecule has 0 saturated carbocycles. The van der Waals surface area contributed by atoms with Crippen LogP contribution in [0.2, 0.25) is 0 Å². The van der Waals surface area contributed by atoms with Gasteiger partial charge in [0.2, 0.25) is 0 Å². The molecular formula is C18H14ClN. The molecule has 1 N–H and O–H groups in total. The van der Waals surface area contributed by atoms with Crippen molar-refractivity contribution >= 4 is 34.2 Å². The summed E-state index contributed by atoms with van der Waals surface area (Å²) in [5, 5.41) is 2.58. The van der Waals surface area contributed by atoms with Crippen molar-refractivity contribution in [2.45, 2.75) is 0 Å². The van der Waals surface area contributed by atoms with Gasteiger partial charge in [-0.3, -0.25) is 0 Å². The first-order valence-electron chi connectivity index (χ1n) is 6.48. The number of para-hydroxylation sites is 2. The summed E-state index contributed by atoms with van der Waals surface area (Å²) in [6.45, 7) is 0. The van der Waals surface area contributed by atoms with E-state index in [-0.39, 0.29) is 12.4 Å². The molecule has 0 aliphatic rings. The summed E-state index contributed by atoms with van der Waals surface area (Å²) in [5.41, 5.74) is 4.92. The number of aromatic amines is 1. The molecule has 0 saturated heterocycles. The lowest BCUT2D eigenvalue weighted by Crippen LogP contribution is -1.79. The zero-order chi connectivity index (χ0) is 12.7. The molecule has 0 aliphatic carbocycles. The molecule has 0 unspecified atom stereocenters. The molecule has 0 aliphatic heterocycles. The van der Waals surface area contributed by atoms with Gasteiger partial charge in [0.1, 0.15) is 0 Å². The van der Waals surface area contributed by atoms with Crippen molar-refractivity contribution in [3.05, 3.63) is 72.8 Å². The monoisotopic (exact) mass is 279 g/mol. The Hall–Kier alpha value is -2.25. The molecule has 0 bridgehead atoms. The third-order valence-corrected chi connectivity index (χ3v) is 3.63. The Morgan fingerprint density at radius 3 is 2.15 bits per heavy atom. The smallest absolute Gasteiger partial charge is 0.0544 e. The van der Waals surface area contributed by atoms with Crippen LogP contribution in [0.5, 0.6) is 0 Å². The second-order valence-electron chi connectivity index (χ2n) is 4.76. The van der Waals surface area contributed by atoms with Gasteiger partial charge in [-0.1, -0.05) is 66.7 Å². The summed E-state index contributed by atoms with van der Waals surface area (Å²) in [4.78, 5) is 3.55. The van der Waals surface area contributed by atoms with Crippen LogP contribution >= 0.6 is 12.4 Å². The van der Waals surface area contributed by atoms with E-state index in [0.29, 0.717) is 0 Å². The standard InChI is InChI=1S/C18H13N.ClH/c1-2-7-13(8-3-1)14-10-6-11-16-15-9-4-5-12-17(15)19-18(14)16;/h1-12,19H;1H. The maximum atomic E-state index is 3.55. The number of halogens is 1. The molecule has 1 heterocycles. The fourth-order valence-electron chi connectivity index (χ4n) is 2.73. The van der Waals surface area contributed by atoms with Crippen molar-refractivity contribution in [1.82, 2.24) is 4.98 Å². The largest absolute Gasteiger partial charge is 0.354 e. The summed E-state index contributed by atoms with van der Waals surface area (Å²) >= 11 is 0. The summed E-state index contributed by atoms with van der Waals surface area (Å²) in [6.07, 6.45) is 0. The molecule has 0 atom stereocenters. The van der Waals surface area contributed by atoms with Crippen LogP contribution in [0.15, 0.2) is 72.8 Å². The molecule has 3 aromatic carbocycles. The van der Waals surface area contributed by atoms with Crippen LogP contribution in [0.1, 0.15) is 0 Å². The molecular weight excluding hydrogens is 266 g/mol. The second kappa shape index (κ2) is 5.03. The van der Waals surface area contributed by atoms with Gasteiger partial charge in [0.15, 0.2) is 0 Å². The Balaban J connectivity index is 0.00000121. The van der Waals surface area contributed by atoms with Gasteiger partial charge in [-0.25, -0.2) is 0 Å². The fraction of sp³-hybridized carbons (Fsp3) is 0. The third kappa shape index (κ3) is 1.87. The van der Waals surface area contributed by atoms with Crippen molar-refractivity contribution in [3.63, 3.8) is 0 Å². The van der Waals surface area contributed by atoms with Crippen LogP contribution < -0.4 is 0 Å². The number of aromatic nitrogens is 1. The molecule has 20 heavy (non-hydrogen) atoms. The lowest BCUT2D eigenvalue weighted by molar-refractivity contribution is 1.53. The van der Waals surface area contributed by atoms with Gasteiger partial charge < -0.3 is 4.98 Å². The maximum Gasteiger partial charge on any atom is 0.0544 e. The Labute approximate surface area is 123 Å². The van der Waals surface area contributed by atoms with Crippen LogP contribution in [-0.2, 0) is 0 Å². The van der Waals surface area contributed by atoms with Crippen LogP contribution in [0.3, 0.4) is 0 Å². The number of hydrogen-bond acceptors (Lipinski definition) is 0. The summed E-state index contributed by atoms with van der Waals surface area (Å²) < 4.78 is 0. The van der Waals surface area contributed by atoms with Crippen LogP contribution in [-0.4, -0.2) is 4.98 Å². The molecule has 0 radical (unpaired) electrons. The quantitative estimate of drug-likeness (QED) is 0.479. The van der Waals surface area contributed by atoms with Gasteiger partial charge in [0.05, 0.1) is 5.52 Å². The van der Waals surface area contributed by atoms with E-state index in [1.165, 1.54) is 32.9 Å². The average molecular weight is 280 g/mol. The van der Waals surface area contributed by atoms with Crippen molar-refractivity contribution in [1.29, 1.82) is 0 Å². The minimum Gasteiger partial charge on any atom is -0.354 e. The maximum absolute atomic E-state index is 3.55. The van der Waals surface area contributed by atoms with Gasteiger partial charge in [-0.15, -0.1) is 12.4 Å². The summed E-state index contributed by atoms with van der Waals surface area (Å²) in [7, 11) is 0.